The summed E-state index contributed by atoms with van der Waals surface area (Å²) in [7, 11) is 0. The molecule has 9 heteroatoms. The maximum absolute atomic E-state index is 13.9. The summed E-state index contributed by atoms with van der Waals surface area (Å²) in [6, 6.07) is 8.67. The van der Waals surface area contributed by atoms with Crippen LogP contribution in [0.1, 0.15) is 61.3 Å². The number of nitrogens with one attached hydrogen (secondary N) is 1. The molecule has 7 nitrogen and oxygen atoms in total. The van der Waals surface area contributed by atoms with E-state index in [-0.39, 0.29) is 23.4 Å². The van der Waals surface area contributed by atoms with E-state index in [0.29, 0.717) is 23.1 Å². The first-order chi connectivity index (χ1) is 15.3. The number of benzene rings is 1. The van der Waals surface area contributed by atoms with Crippen molar-refractivity contribution in [3.63, 3.8) is 0 Å². The van der Waals surface area contributed by atoms with Gasteiger partial charge < -0.3 is 9.88 Å². The Morgan fingerprint density at radius 2 is 2.09 bits per heavy atom. The van der Waals surface area contributed by atoms with E-state index in [1.165, 1.54) is 23.9 Å². The number of carbonyl (C=O) groups is 1. The number of amides is 1. The molecule has 2 heterocycles. The van der Waals surface area contributed by atoms with Crippen LogP contribution in [-0.2, 0) is 4.79 Å². The van der Waals surface area contributed by atoms with E-state index in [4.69, 9.17) is 0 Å². The molecular formula is C23H25FN6OS. The lowest BCUT2D eigenvalue weighted by molar-refractivity contribution is -0.113. The van der Waals surface area contributed by atoms with Crippen LogP contribution < -0.4 is 5.32 Å². The highest BCUT2D eigenvalue weighted by Gasteiger charge is 2.30. The SMILES string of the molecule is Cc1c(C#N)c(NC(=O)CSc2nnc(C(C)C)n2C2CC2)n(-c2cccc(F)c2)c1C. The molecule has 0 spiro atoms. The molecule has 1 aliphatic rings. The number of hydrogen-bond donors (Lipinski definition) is 1. The Morgan fingerprint density at radius 1 is 1.34 bits per heavy atom. The number of hydrogen-bond acceptors (Lipinski definition) is 5. The van der Waals surface area contributed by atoms with Gasteiger partial charge >= 0.3 is 0 Å². The molecule has 3 aromatic rings. The summed E-state index contributed by atoms with van der Waals surface area (Å²) < 4.78 is 17.7. The van der Waals surface area contributed by atoms with Crippen molar-refractivity contribution < 1.29 is 9.18 Å². The van der Waals surface area contributed by atoms with Crippen LogP contribution in [0.3, 0.4) is 0 Å². The van der Waals surface area contributed by atoms with Gasteiger partial charge in [0.2, 0.25) is 5.91 Å². The minimum Gasteiger partial charge on any atom is -0.310 e. The Bertz CT molecular complexity index is 1220. The highest BCUT2D eigenvalue weighted by atomic mass is 32.2. The fourth-order valence-electron chi connectivity index (χ4n) is 3.75. The third-order valence-corrected chi connectivity index (χ3v) is 6.54. The molecule has 4 rings (SSSR count). The third-order valence-electron chi connectivity index (χ3n) is 5.60. The summed E-state index contributed by atoms with van der Waals surface area (Å²) in [5.74, 6) is 1.02. The summed E-state index contributed by atoms with van der Waals surface area (Å²) in [5.41, 5.74) is 2.43. The average molecular weight is 453 g/mol. The molecule has 1 fully saturated rings. The van der Waals surface area contributed by atoms with Gasteiger partial charge in [0.05, 0.1) is 17.0 Å². The number of halogens is 1. The second-order valence-electron chi connectivity index (χ2n) is 8.29. The van der Waals surface area contributed by atoms with Gasteiger partial charge in [0.15, 0.2) is 5.16 Å². The van der Waals surface area contributed by atoms with Crippen molar-refractivity contribution >= 4 is 23.5 Å². The molecule has 2 aromatic heterocycles. The predicted molar refractivity (Wildman–Crippen MR) is 122 cm³/mol. The molecule has 1 saturated carbocycles. The van der Waals surface area contributed by atoms with Gasteiger partial charge in [-0.2, -0.15) is 5.26 Å². The normalized spacial score (nSPS) is 13.4. The topological polar surface area (TPSA) is 88.5 Å². The predicted octanol–water partition coefficient (Wildman–Crippen LogP) is 4.89. The Kier molecular flexibility index (Phi) is 6.07. The van der Waals surface area contributed by atoms with Crippen LogP contribution in [-0.4, -0.2) is 31.0 Å². The summed E-state index contributed by atoms with van der Waals surface area (Å²) in [6.45, 7) is 7.83. The van der Waals surface area contributed by atoms with Crippen LogP contribution in [0, 0.1) is 31.0 Å². The van der Waals surface area contributed by atoms with Crippen molar-refractivity contribution in [1.29, 1.82) is 5.26 Å². The average Bonchev–Trinajstić information content (AvgIpc) is 3.45. The van der Waals surface area contributed by atoms with Gasteiger partial charge in [-0.1, -0.05) is 31.7 Å². The molecule has 1 aromatic carbocycles. The monoisotopic (exact) mass is 452 g/mol. The van der Waals surface area contributed by atoms with E-state index >= 15 is 0 Å². The summed E-state index contributed by atoms with van der Waals surface area (Å²) in [5, 5.41) is 21.9. The third kappa shape index (κ3) is 4.15. The maximum atomic E-state index is 13.9. The molecule has 166 valence electrons. The standard InChI is InChI=1S/C23H25FN6OS/c1-13(2)21-27-28-23(30(21)17-8-9-17)32-12-20(31)26-22-19(11-25)14(3)15(4)29(22)18-7-5-6-16(24)10-18/h5-7,10,13,17H,8-9,12H2,1-4H3,(H,26,31). The van der Waals surface area contributed by atoms with Crippen molar-refractivity contribution in [2.75, 3.05) is 11.1 Å². The smallest absolute Gasteiger partial charge is 0.236 e. The van der Waals surface area contributed by atoms with Gasteiger partial charge in [-0.25, -0.2) is 4.39 Å². The lowest BCUT2D eigenvalue weighted by Gasteiger charge is -2.14. The first kappa shape index (κ1) is 22.1. The molecule has 1 N–H and O–H groups in total. The fraction of sp³-hybridized carbons (Fsp3) is 0.391. The minimum atomic E-state index is -0.389. The van der Waals surface area contributed by atoms with Crippen molar-refractivity contribution in [3.05, 3.63) is 52.7 Å². The van der Waals surface area contributed by atoms with E-state index in [9.17, 15) is 14.4 Å². The zero-order chi connectivity index (χ0) is 23.0. The quantitative estimate of drug-likeness (QED) is 0.516. The number of nitriles is 1. The molecule has 0 unspecified atom stereocenters. The zero-order valence-corrected chi connectivity index (χ0v) is 19.3. The van der Waals surface area contributed by atoms with Crippen molar-refractivity contribution in [3.8, 4) is 11.8 Å². The van der Waals surface area contributed by atoms with Gasteiger partial charge in [0, 0.05) is 17.7 Å². The highest BCUT2D eigenvalue weighted by Crippen LogP contribution is 2.40. The van der Waals surface area contributed by atoms with Crippen molar-refractivity contribution in [1.82, 2.24) is 19.3 Å². The molecule has 0 saturated heterocycles. The molecule has 1 aliphatic carbocycles. The lowest BCUT2D eigenvalue weighted by Crippen LogP contribution is -2.18. The van der Waals surface area contributed by atoms with Crippen LogP contribution in [0.2, 0.25) is 0 Å². The largest absolute Gasteiger partial charge is 0.310 e. The fourth-order valence-corrected chi connectivity index (χ4v) is 4.57. The van der Waals surface area contributed by atoms with Gasteiger partial charge in [-0.3, -0.25) is 9.36 Å². The number of rotatable bonds is 7. The Morgan fingerprint density at radius 3 is 2.72 bits per heavy atom. The van der Waals surface area contributed by atoms with Gasteiger partial charge in [0.25, 0.3) is 0 Å². The van der Waals surface area contributed by atoms with Crippen LogP contribution in [0.15, 0.2) is 29.4 Å². The minimum absolute atomic E-state index is 0.125. The highest BCUT2D eigenvalue weighted by molar-refractivity contribution is 7.99. The van der Waals surface area contributed by atoms with E-state index in [1.807, 2.05) is 13.8 Å². The molecule has 0 aliphatic heterocycles. The van der Waals surface area contributed by atoms with Crippen LogP contribution >= 0.6 is 11.8 Å². The second-order valence-corrected chi connectivity index (χ2v) is 9.24. The first-order valence-corrected chi connectivity index (χ1v) is 11.6. The first-order valence-electron chi connectivity index (χ1n) is 10.6. The van der Waals surface area contributed by atoms with Crippen molar-refractivity contribution in [2.45, 2.75) is 57.7 Å². The Labute approximate surface area is 190 Å². The molecule has 0 radical (unpaired) electrons. The van der Waals surface area contributed by atoms with E-state index in [0.717, 1.165) is 35.1 Å². The Hall–Kier alpha value is -3.12. The van der Waals surface area contributed by atoms with Crippen LogP contribution in [0.25, 0.3) is 5.69 Å². The number of thioether (sulfide) groups is 1. The molecule has 0 atom stereocenters. The van der Waals surface area contributed by atoms with Gasteiger partial charge in [0.1, 0.15) is 23.5 Å². The number of anilines is 1. The summed E-state index contributed by atoms with van der Waals surface area (Å²) in [4.78, 5) is 12.9. The molecule has 0 bridgehead atoms. The molecule has 1 amide bonds. The van der Waals surface area contributed by atoms with E-state index < -0.39 is 0 Å². The summed E-state index contributed by atoms with van der Waals surface area (Å²) in [6.07, 6.45) is 2.20. The molecule has 32 heavy (non-hydrogen) atoms. The van der Waals surface area contributed by atoms with E-state index in [2.05, 4.69) is 40.0 Å². The van der Waals surface area contributed by atoms with Gasteiger partial charge in [-0.05, 0) is 50.5 Å². The number of carbonyl (C=O) groups excluding carboxylic acids is 1. The lowest BCUT2D eigenvalue weighted by atomic mass is 10.2. The molecular weight excluding hydrogens is 427 g/mol. The van der Waals surface area contributed by atoms with E-state index in [1.54, 1.807) is 16.7 Å². The maximum Gasteiger partial charge on any atom is 0.236 e. The number of nitrogens with zero attached hydrogens (tertiary/aromatic N) is 5. The van der Waals surface area contributed by atoms with Crippen LogP contribution in [0.5, 0.6) is 0 Å². The number of aromatic nitrogens is 4. The van der Waals surface area contributed by atoms with Crippen molar-refractivity contribution in [2.24, 2.45) is 0 Å². The second kappa shape index (κ2) is 8.79. The summed E-state index contributed by atoms with van der Waals surface area (Å²) >= 11 is 1.33. The Balaban J connectivity index is 1.58. The van der Waals surface area contributed by atoms with Gasteiger partial charge in [-0.15, -0.1) is 10.2 Å². The van der Waals surface area contributed by atoms with Crippen LogP contribution in [0.4, 0.5) is 10.2 Å². The zero-order valence-electron chi connectivity index (χ0n) is 18.5.